The maximum Gasteiger partial charge on any atom is 0.337 e. The molecule has 0 atom stereocenters. The maximum atomic E-state index is 11.1. The second kappa shape index (κ2) is 5.51. The Morgan fingerprint density at radius 3 is 2.60 bits per heavy atom. The number of aryl methyl sites for hydroxylation is 2. The third-order valence-electron chi connectivity index (χ3n) is 3.13. The lowest BCUT2D eigenvalue weighted by Crippen LogP contribution is -2.14. The first kappa shape index (κ1) is 14.3. The molecule has 0 saturated carbocycles. The molecule has 0 radical (unpaired) electrons. The minimum atomic E-state index is -1.06. The highest BCUT2D eigenvalue weighted by Crippen LogP contribution is 2.32. The summed E-state index contributed by atoms with van der Waals surface area (Å²) < 4.78 is 0. The average Bonchev–Trinajstić information content (AvgIpc) is 2.38. The molecule has 0 bridgehead atoms. The number of hydrogen-bond donors (Lipinski definition) is 1. The smallest absolute Gasteiger partial charge is 0.337 e. The van der Waals surface area contributed by atoms with E-state index in [1.807, 2.05) is 33.0 Å². The predicted molar refractivity (Wildman–Crippen MR) is 80.2 cm³/mol. The Balaban J connectivity index is 2.51. The Labute approximate surface area is 122 Å². The van der Waals surface area contributed by atoms with Crippen molar-refractivity contribution >= 4 is 29.1 Å². The molecule has 0 fully saturated rings. The second-order valence-corrected chi connectivity index (χ2v) is 5.03. The van der Waals surface area contributed by atoms with Gasteiger partial charge in [0, 0.05) is 18.9 Å². The van der Waals surface area contributed by atoms with Gasteiger partial charge >= 0.3 is 5.97 Å². The van der Waals surface area contributed by atoms with Crippen molar-refractivity contribution < 1.29 is 9.90 Å². The molecule has 0 aliphatic heterocycles. The number of carboxylic acid groups (broad SMARTS) is 1. The third-order valence-corrected chi connectivity index (χ3v) is 3.51. The third kappa shape index (κ3) is 2.60. The molecule has 5 heteroatoms. The summed E-state index contributed by atoms with van der Waals surface area (Å²) >= 11 is 6.15. The average molecular weight is 291 g/mol. The number of halogens is 1. The summed E-state index contributed by atoms with van der Waals surface area (Å²) in [6, 6.07) is 7.41. The number of pyridine rings is 1. The Kier molecular flexibility index (Phi) is 3.95. The van der Waals surface area contributed by atoms with Gasteiger partial charge in [-0.1, -0.05) is 29.3 Å². The Bertz CT molecular complexity index is 671. The van der Waals surface area contributed by atoms with Gasteiger partial charge in [-0.25, -0.2) is 9.78 Å². The molecule has 1 aromatic heterocycles. The fourth-order valence-corrected chi connectivity index (χ4v) is 2.45. The van der Waals surface area contributed by atoms with E-state index in [0.717, 1.165) is 16.8 Å². The first-order valence-corrected chi connectivity index (χ1v) is 6.48. The van der Waals surface area contributed by atoms with Gasteiger partial charge in [-0.15, -0.1) is 0 Å². The van der Waals surface area contributed by atoms with E-state index in [-0.39, 0.29) is 10.6 Å². The van der Waals surface area contributed by atoms with E-state index in [1.165, 1.54) is 12.3 Å². The molecule has 2 aromatic rings. The normalized spacial score (nSPS) is 10.4. The molecule has 1 aromatic carbocycles. The number of rotatable bonds is 3. The molecule has 0 amide bonds. The maximum absolute atomic E-state index is 11.1. The van der Waals surface area contributed by atoms with Gasteiger partial charge in [-0.3, -0.25) is 0 Å². The van der Waals surface area contributed by atoms with Crippen molar-refractivity contribution in [3.05, 3.63) is 52.2 Å². The first-order valence-electron chi connectivity index (χ1n) is 6.10. The van der Waals surface area contributed by atoms with Crippen molar-refractivity contribution in [1.29, 1.82) is 0 Å². The Morgan fingerprint density at radius 1 is 1.30 bits per heavy atom. The fourth-order valence-electron chi connectivity index (χ4n) is 2.13. The van der Waals surface area contributed by atoms with Crippen molar-refractivity contribution in [2.75, 3.05) is 11.9 Å². The molecule has 0 spiro atoms. The van der Waals surface area contributed by atoms with Crippen LogP contribution in [0.5, 0.6) is 0 Å². The van der Waals surface area contributed by atoms with Crippen LogP contribution in [0.3, 0.4) is 0 Å². The molecule has 20 heavy (non-hydrogen) atoms. The zero-order chi connectivity index (χ0) is 14.9. The van der Waals surface area contributed by atoms with Gasteiger partial charge in [-0.2, -0.15) is 0 Å². The minimum absolute atomic E-state index is 0.0493. The summed E-state index contributed by atoms with van der Waals surface area (Å²) in [4.78, 5) is 17.1. The van der Waals surface area contributed by atoms with Gasteiger partial charge in [-0.05, 0) is 31.5 Å². The molecule has 104 valence electrons. The molecular formula is C15H15ClN2O2. The van der Waals surface area contributed by atoms with Crippen LogP contribution in [0.2, 0.25) is 5.02 Å². The van der Waals surface area contributed by atoms with Crippen molar-refractivity contribution in [2.45, 2.75) is 13.8 Å². The van der Waals surface area contributed by atoms with E-state index in [0.29, 0.717) is 5.82 Å². The topological polar surface area (TPSA) is 53.4 Å². The monoisotopic (exact) mass is 290 g/mol. The SMILES string of the molecule is Cc1ccc(N(C)c2nccc(C(=O)O)c2Cl)c(C)c1. The van der Waals surface area contributed by atoms with Crippen LogP contribution >= 0.6 is 11.6 Å². The van der Waals surface area contributed by atoms with Crippen molar-refractivity contribution in [2.24, 2.45) is 0 Å². The molecule has 0 aliphatic rings. The highest BCUT2D eigenvalue weighted by molar-refractivity contribution is 6.36. The molecule has 1 N–H and O–H groups in total. The van der Waals surface area contributed by atoms with Crippen molar-refractivity contribution in [3.63, 3.8) is 0 Å². The Morgan fingerprint density at radius 2 is 2.00 bits per heavy atom. The molecule has 1 heterocycles. The summed E-state index contributed by atoms with van der Waals surface area (Å²) in [6.45, 7) is 4.01. The van der Waals surface area contributed by atoms with E-state index in [2.05, 4.69) is 11.1 Å². The van der Waals surface area contributed by atoms with Crippen LogP contribution in [-0.4, -0.2) is 23.1 Å². The second-order valence-electron chi connectivity index (χ2n) is 4.65. The summed E-state index contributed by atoms with van der Waals surface area (Å²) in [6.07, 6.45) is 1.45. The van der Waals surface area contributed by atoms with Gasteiger partial charge in [0.05, 0.1) is 10.6 Å². The van der Waals surface area contributed by atoms with Gasteiger partial charge in [0.2, 0.25) is 0 Å². The van der Waals surface area contributed by atoms with Crippen molar-refractivity contribution in [1.82, 2.24) is 4.98 Å². The number of carbonyl (C=O) groups is 1. The molecule has 0 aliphatic carbocycles. The van der Waals surface area contributed by atoms with E-state index >= 15 is 0 Å². The van der Waals surface area contributed by atoms with Gasteiger partial charge < -0.3 is 10.0 Å². The molecule has 0 saturated heterocycles. The molecular weight excluding hydrogens is 276 g/mol. The summed E-state index contributed by atoms with van der Waals surface area (Å²) in [5, 5.41) is 9.24. The van der Waals surface area contributed by atoms with Crippen LogP contribution in [0.4, 0.5) is 11.5 Å². The van der Waals surface area contributed by atoms with Crippen LogP contribution in [-0.2, 0) is 0 Å². The van der Waals surface area contributed by atoms with E-state index < -0.39 is 5.97 Å². The minimum Gasteiger partial charge on any atom is -0.478 e. The quantitative estimate of drug-likeness (QED) is 0.934. The van der Waals surface area contributed by atoms with Gasteiger partial charge in [0.15, 0.2) is 5.82 Å². The lowest BCUT2D eigenvalue weighted by molar-refractivity contribution is 0.0697. The zero-order valence-corrected chi connectivity index (χ0v) is 12.3. The highest BCUT2D eigenvalue weighted by atomic mass is 35.5. The van der Waals surface area contributed by atoms with Gasteiger partial charge in [0.25, 0.3) is 0 Å². The molecule has 2 rings (SSSR count). The van der Waals surface area contributed by atoms with Crippen LogP contribution in [0.1, 0.15) is 21.5 Å². The number of benzene rings is 1. The van der Waals surface area contributed by atoms with Crippen LogP contribution in [0.15, 0.2) is 30.5 Å². The lowest BCUT2D eigenvalue weighted by Gasteiger charge is -2.22. The number of anilines is 2. The number of aromatic nitrogens is 1. The Hall–Kier alpha value is -2.07. The summed E-state index contributed by atoms with van der Waals surface area (Å²) in [5.41, 5.74) is 3.23. The van der Waals surface area contributed by atoms with E-state index in [9.17, 15) is 4.79 Å². The summed E-state index contributed by atoms with van der Waals surface area (Å²) in [5.74, 6) is -0.633. The molecule has 4 nitrogen and oxygen atoms in total. The summed E-state index contributed by atoms with van der Waals surface area (Å²) in [7, 11) is 1.82. The number of hydrogen-bond acceptors (Lipinski definition) is 3. The standard InChI is InChI=1S/C15H15ClN2O2/c1-9-4-5-12(10(2)8-9)18(3)14-13(16)11(15(19)20)6-7-17-14/h4-8H,1-3H3,(H,19,20). The first-order chi connectivity index (χ1) is 9.41. The van der Waals surface area contributed by atoms with Gasteiger partial charge in [0.1, 0.15) is 0 Å². The van der Waals surface area contributed by atoms with E-state index in [1.54, 1.807) is 4.90 Å². The van der Waals surface area contributed by atoms with Crippen molar-refractivity contribution in [3.8, 4) is 0 Å². The number of nitrogens with zero attached hydrogens (tertiary/aromatic N) is 2. The number of carboxylic acids is 1. The zero-order valence-electron chi connectivity index (χ0n) is 11.5. The lowest BCUT2D eigenvalue weighted by atomic mass is 10.1. The fraction of sp³-hybridized carbons (Fsp3) is 0.200. The van der Waals surface area contributed by atoms with Crippen LogP contribution in [0.25, 0.3) is 0 Å². The van der Waals surface area contributed by atoms with E-state index in [4.69, 9.17) is 16.7 Å². The molecule has 0 unspecified atom stereocenters. The largest absolute Gasteiger partial charge is 0.478 e. The predicted octanol–water partition coefficient (Wildman–Crippen LogP) is 3.82. The van der Waals surface area contributed by atoms with Crippen LogP contribution in [0, 0.1) is 13.8 Å². The van der Waals surface area contributed by atoms with Crippen LogP contribution < -0.4 is 4.90 Å². The highest BCUT2D eigenvalue weighted by Gasteiger charge is 2.17. The number of aromatic carboxylic acids is 1.